The van der Waals surface area contributed by atoms with Crippen LogP contribution in [0.15, 0.2) is 26.0 Å². The summed E-state index contributed by atoms with van der Waals surface area (Å²) in [5.41, 5.74) is 0.970. The molecule has 0 amide bonds. The lowest BCUT2D eigenvalue weighted by atomic mass is 10.2. The number of nitrogens with one attached hydrogen (secondary N) is 1. The number of ether oxygens (including phenoxy) is 1. The second-order valence-corrected chi connectivity index (χ2v) is 8.58. The van der Waals surface area contributed by atoms with Gasteiger partial charge in [-0.3, -0.25) is 0 Å². The van der Waals surface area contributed by atoms with Gasteiger partial charge < -0.3 is 9.64 Å². The first-order valence-corrected chi connectivity index (χ1v) is 9.62. The summed E-state index contributed by atoms with van der Waals surface area (Å²) in [6.07, 6.45) is -0.119. The van der Waals surface area contributed by atoms with E-state index in [4.69, 9.17) is 4.74 Å². The second kappa shape index (κ2) is 7.06. The van der Waals surface area contributed by atoms with E-state index in [-0.39, 0.29) is 17.5 Å². The van der Waals surface area contributed by atoms with E-state index in [1.165, 1.54) is 0 Å². The highest BCUT2D eigenvalue weighted by Gasteiger charge is 2.23. The Labute approximate surface area is 142 Å². The molecule has 1 aromatic carbocycles. The maximum atomic E-state index is 12.4. The van der Waals surface area contributed by atoms with Crippen LogP contribution in [0.4, 0.5) is 0 Å². The van der Waals surface area contributed by atoms with E-state index in [1.807, 2.05) is 14.0 Å². The molecule has 0 saturated carbocycles. The van der Waals surface area contributed by atoms with Gasteiger partial charge in [-0.15, -0.1) is 0 Å². The lowest BCUT2D eigenvalue weighted by Crippen LogP contribution is -2.45. The Kier molecular flexibility index (Phi) is 5.84. The second-order valence-electron chi connectivity index (χ2n) is 5.14. The maximum Gasteiger partial charge on any atom is 0.241 e. The summed E-state index contributed by atoms with van der Waals surface area (Å²) >= 11 is 6.68. The average Bonchev–Trinajstić information content (AvgIpc) is 2.41. The van der Waals surface area contributed by atoms with Gasteiger partial charge in [0.05, 0.1) is 17.6 Å². The number of aryl methyl sites for hydroxylation is 1. The van der Waals surface area contributed by atoms with Crippen molar-refractivity contribution in [2.75, 3.05) is 33.3 Å². The van der Waals surface area contributed by atoms with Gasteiger partial charge in [-0.05, 0) is 47.6 Å². The molecule has 1 unspecified atom stereocenters. The van der Waals surface area contributed by atoms with Crippen molar-refractivity contribution in [2.24, 2.45) is 0 Å². The van der Waals surface area contributed by atoms with Crippen LogP contribution >= 0.6 is 31.9 Å². The van der Waals surface area contributed by atoms with Crippen LogP contribution in [0.25, 0.3) is 0 Å². The third-order valence-corrected chi connectivity index (χ3v) is 6.58. The summed E-state index contributed by atoms with van der Waals surface area (Å²) in [6, 6.07) is 3.39. The summed E-state index contributed by atoms with van der Waals surface area (Å²) in [4.78, 5) is 2.35. The largest absolute Gasteiger partial charge is 0.374 e. The number of benzene rings is 1. The minimum absolute atomic E-state index is 0.119. The smallest absolute Gasteiger partial charge is 0.241 e. The van der Waals surface area contributed by atoms with E-state index in [0.717, 1.165) is 23.1 Å². The molecule has 0 spiro atoms. The zero-order valence-corrected chi connectivity index (χ0v) is 15.9. The number of hydrogen-bond donors (Lipinski definition) is 1. The Morgan fingerprint density at radius 2 is 2.10 bits per heavy atom. The molecular weight excluding hydrogens is 424 g/mol. The van der Waals surface area contributed by atoms with Crippen molar-refractivity contribution in [1.82, 2.24) is 9.62 Å². The molecule has 1 aliphatic rings. The zero-order chi connectivity index (χ0) is 15.6. The molecule has 1 heterocycles. The SMILES string of the molecule is Cc1cc(Br)c(S(=O)(=O)NCC2CN(C)CCO2)cc1Br. The molecule has 1 aliphatic heterocycles. The number of likely N-dealkylation sites (N-methyl/N-ethyl adjacent to an activating group) is 1. The van der Waals surface area contributed by atoms with Crippen molar-refractivity contribution in [2.45, 2.75) is 17.9 Å². The maximum absolute atomic E-state index is 12.4. The first-order valence-electron chi connectivity index (χ1n) is 6.55. The fraction of sp³-hybridized carbons (Fsp3) is 0.538. The molecule has 1 saturated heterocycles. The van der Waals surface area contributed by atoms with Crippen molar-refractivity contribution >= 4 is 41.9 Å². The summed E-state index contributed by atoms with van der Waals surface area (Å²) in [6.45, 7) is 4.40. The van der Waals surface area contributed by atoms with Gasteiger partial charge in [-0.25, -0.2) is 13.1 Å². The molecule has 1 aromatic rings. The van der Waals surface area contributed by atoms with Gasteiger partial charge in [0.25, 0.3) is 0 Å². The molecule has 1 atom stereocenters. The van der Waals surface area contributed by atoms with Crippen molar-refractivity contribution < 1.29 is 13.2 Å². The minimum atomic E-state index is -3.57. The highest BCUT2D eigenvalue weighted by molar-refractivity contribution is 9.11. The molecule has 0 aromatic heterocycles. The van der Waals surface area contributed by atoms with E-state index in [0.29, 0.717) is 11.1 Å². The van der Waals surface area contributed by atoms with E-state index in [1.54, 1.807) is 12.1 Å². The van der Waals surface area contributed by atoms with Crippen LogP contribution in [0.5, 0.6) is 0 Å². The minimum Gasteiger partial charge on any atom is -0.374 e. The lowest BCUT2D eigenvalue weighted by molar-refractivity contribution is -0.0156. The van der Waals surface area contributed by atoms with E-state index in [2.05, 4.69) is 41.5 Å². The van der Waals surface area contributed by atoms with Crippen LogP contribution in [0.2, 0.25) is 0 Å². The van der Waals surface area contributed by atoms with E-state index >= 15 is 0 Å². The van der Waals surface area contributed by atoms with Crippen molar-refractivity contribution in [3.05, 3.63) is 26.6 Å². The lowest BCUT2D eigenvalue weighted by Gasteiger charge is -2.30. The van der Waals surface area contributed by atoms with E-state index < -0.39 is 10.0 Å². The Morgan fingerprint density at radius 1 is 1.38 bits per heavy atom. The monoisotopic (exact) mass is 440 g/mol. The Morgan fingerprint density at radius 3 is 2.76 bits per heavy atom. The zero-order valence-electron chi connectivity index (χ0n) is 11.9. The van der Waals surface area contributed by atoms with Crippen molar-refractivity contribution in [3.8, 4) is 0 Å². The highest BCUT2D eigenvalue weighted by Crippen LogP contribution is 2.28. The molecule has 1 N–H and O–H groups in total. The molecule has 0 radical (unpaired) electrons. The quantitative estimate of drug-likeness (QED) is 0.777. The predicted molar refractivity (Wildman–Crippen MR) is 89.0 cm³/mol. The number of morpholine rings is 1. The van der Waals surface area contributed by atoms with Crippen molar-refractivity contribution in [3.63, 3.8) is 0 Å². The number of halogens is 2. The van der Waals surface area contributed by atoms with Gasteiger partial charge in [-0.1, -0.05) is 15.9 Å². The van der Waals surface area contributed by atoms with Crippen LogP contribution in [0.3, 0.4) is 0 Å². The molecule has 21 heavy (non-hydrogen) atoms. The van der Waals surface area contributed by atoms with Gasteiger partial charge in [-0.2, -0.15) is 0 Å². The molecule has 0 bridgehead atoms. The molecule has 2 rings (SSSR count). The van der Waals surface area contributed by atoms with Crippen LogP contribution < -0.4 is 4.72 Å². The van der Waals surface area contributed by atoms with Gasteiger partial charge >= 0.3 is 0 Å². The van der Waals surface area contributed by atoms with Gasteiger partial charge in [0.15, 0.2) is 0 Å². The summed E-state index contributed by atoms with van der Waals surface area (Å²) in [5, 5.41) is 0. The van der Waals surface area contributed by atoms with Crippen LogP contribution in [-0.4, -0.2) is 52.7 Å². The first-order chi connectivity index (χ1) is 9.79. The molecule has 1 fully saturated rings. The van der Waals surface area contributed by atoms with E-state index in [9.17, 15) is 8.42 Å². The van der Waals surface area contributed by atoms with Crippen molar-refractivity contribution in [1.29, 1.82) is 0 Å². The van der Waals surface area contributed by atoms with Crippen LogP contribution in [0.1, 0.15) is 5.56 Å². The fourth-order valence-electron chi connectivity index (χ4n) is 2.10. The Hall–Kier alpha value is 0.01000. The summed E-state index contributed by atoms with van der Waals surface area (Å²) < 4.78 is 34.3. The summed E-state index contributed by atoms with van der Waals surface area (Å²) in [7, 11) is -1.57. The van der Waals surface area contributed by atoms with Crippen LogP contribution in [0, 0.1) is 6.92 Å². The number of hydrogen-bond acceptors (Lipinski definition) is 4. The van der Waals surface area contributed by atoms with Gasteiger partial charge in [0, 0.05) is 28.6 Å². The molecule has 5 nitrogen and oxygen atoms in total. The predicted octanol–water partition coefficient (Wildman–Crippen LogP) is 2.13. The van der Waals surface area contributed by atoms with Crippen LogP contribution in [-0.2, 0) is 14.8 Å². The number of nitrogens with zero attached hydrogens (tertiary/aromatic N) is 1. The molecule has 0 aliphatic carbocycles. The number of sulfonamides is 1. The Balaban J connectivity index is 2.10. The normalized spacial score (nSPS) is 20.7. The summed E-state index contributed by atoms with van der Waals surface area (Å²) in [5.74, 6) is 0. The van der Waals surface area contributed by atoms with Gasteiger partial charge in [0.1, 0.15) is 0 Å². The highest BCUT2D eigenvalue weighted by atomic mass is 79.9. The molecular formula is C13H18Br2N2O3S. The third kappa shape index (κ3) is 4.49. The topological polar surface area (TPSA) is 58.6 Å². The molecule has 118 valence electrons. The first kappa shape index (κ1) is 17.4. The third-order valence-electron chi connectivity index (χ3n) is 3.35. The Bertz CT molecular complexity index is 622. The fourth-order valence-corrected chi connectivity index (χ4v) is 4.85. The standard InChI is InChI=1S/C13H18Br2N2O3S/c1-9-5-12(15)13(6-11(9)14)21(18,19)16-7-10-8-17(2)3-4-20-10/h5-6,10,16H,3-4,7-8H2,1-2H3. The van der Waals surface area contributed by atoms with Gasteiger partial charge in [0.2, 0.25) is 10.0 Å². The average molecular weight is 442 g/mol. The number of rotatable bonds is 4. The molecule has 8 heteroatoms.